The van der Waals surface area contributed by atoms with Crippen molar-refractivity contribution in [2.24, 2.45) is 0 Å². The average Bonchev–Trinajstić information content (AvgIpc) is 2.72. The first kappa shape index (κ1) is 21.1. The van der Waals surface area contributed by atoms with E-state index in [2.05, 4.69) is 5.32 Å². The molecule has 1 amide bonds. The van der Waals surface area contributed by atoms with E-state index >= 15 is 0 Å². The fraction of sp³-hybridized carbons (Fsp3) is 0.381. The minimum Gasteiger partial charge on any atom is -0.482 e. The van der Waals surface area contributed by atoms with E-state index in [0.29, 0.717) is 24.6 Å². The van der Waals surface area contributed by atoms with E-state index in [1.807, 2.05) is 12.1 Å². The van der Waals surface area contributed by atoms with Gasteiger partial charge >= 0.3 is 0 Å². The fourth-order valence-electron chi connectivity index (χ4n) is 3.19. The summed E-state index contributed by atoms with van der Waals surface area (Å²) in [5.41, 5.74) is 0.793. The van der Waals surface area contributed by atoms with Gasteiger partial charge in [-0.1, -0.05) is 38.1 Å². The molecule has 0 saturated carbocycles. The molecule has 0 aliphatic carbocycles. The molecule has 0 fully saturated rings. The van der Waals surface area contributed by atoms with Gasteiger partial charge < -0.3 is 14.8 Å². The third-order valence-corrected chi connectivity index (χ3v) is 6.90. The zero-order valence-electron chi connectivity index (χ0n) is 16.8. The van der Waals surface area contributed by atoms with Gasteiger partial charge in [-0.05, 0) is 36.8 Å². The summed E-state index contributed by atoms with van der Waals surface area (Å²) in [4.78, 5) is 12.8. The van der Waals surface area contributed by atoms with Crippen LogP contribution in [-0.2, 0) is 21.4 Å². The highest BCUT2D eigenvalue weighted by molar-refractivity contribution is 7.89. The highest BCUT2D eigenvalue weighted by Gasteiger charge is 2.33. The molecule has 8 heteroatoms. The monoisotopic (exact) mass is 418 g/mol. The van der Waals surface area contributed by atoms with Crippen molar-refractivity contribution in [3.05, 3.63) is 54.1 Å². The SMILES string of the molecule is CCN(CC)S(=O)(=O)c1ccc(CNC(=O)[C@@H]2Oc3ccccc3O[C@@H]2C)cc1. The van der Waals surface area contributed by atoms with Crippen LogP contribution in [0.1, 0.15) is 26.3 Å². The van der Waals surface area contributed by atoms with Crippen LogP contribution in [0.2, 0.25) is 0 Å². The van der Waals surface area contributed by atoms with Crippen LogP contribution >= 0.6 is 0 Å². The van der Waals surface area contributed by atoms with Crippen molar-refractivity contribution in [2.75, 3.05) is 13.1 Å². The molecule has 29 heavy (non-hydrogen) atoms. The molecular weight excluding hydrogens is 392 g/mol. The predicted molar refractivity (Wildman–Crippen MR) is 109 cm³/mol. The molecule has 3 rings (SSSR count). The summed E-state index contributed by atoms with van der Waals surface area (Å²) < 4.78 is 38.0. The van der Waals surface area contributed by atoms with E-state index in [1.54, 1.807) is 57.2 Å². The van der Waals surface area contributed by atoms with Crippen molar-refractivity contribution < 1.29 is 22.7 Å². The highest BCUT2D eigenvalue weighted by atomic mass is 32.2. The van der Waals surface area contributed by atoms with Crippen LogP contribution < -0.4 is 14.8 Å². The van der Waals surface area contributed by atoms with Gasteiger partial charge in [-0.25, -0.2) is 8.42 Å². The Bertz CT molecular complexity index is 955. The van der Waals surface area contributed by atoms with Crippen molar-refractivity contribution in [3.8, 4) is 11.5 Å². The van der Waals surface area contributed by atoms with Crippen molar-refractivity contribution in [1.82, 2.24) is 9.62 Å². The molecule has 0 saturated heterocycles. The second-order valence-corrected chi connectivity index (χ2v) is 8.70. The Balaban J connectivity index is 1.62. The predicted octanol–water partition coefficient (Wildman–Crippen LogP) is 2.56. The van der Waals surface area contributed by atoms with Gasteiger partial charge in [0.15, 0.2) is 11.5 Å². The standard InChI is InChI=1S/C21H26N2O5S/c1-4-23(5-2)29(25,26)17-12-10-16(11-13-17)14-22-21(24)20-15(3)27-18-8-6-7-9-19(18)28-20/h6-13,15,20H,4-5,14H2,1-3H3,(H,22,24)/t15-,20-/m1/s1. The first-order chi connectivity index (χ1) is 13.9. The van der Waals surface area contributed by atoms with E-state index in [1.165, 1.54) is 4.31 Å². The van der Waals surface area contributed by atoms with Crippen LogP contribution in [0.4, 0.5) is 0 Å². The Kier molecular flexibility index (Phi) is 6.44. The zero-order valence-corrected chi connectivity index (χ0v) is 17.6. The topological polar surface area (TPSA) is 84.9 Å². The molecule has 1 aliphatic rings. The Hall–Kier alpha value is -2.58. The van der Waals surface area contributed by atoms with Gasteiger partial charge in [0, 0.05) is 19.6 Å². The third-order valence-electron chi connectivity index (χ3n) is 4.83. The van der Waals surface area contributed by atoms with Gasteiger partial charge in [-0.2, -0.15) is 4.31 Å². The molecule has 1 N–H and O–H groups in total. The molecule has 0 aromatic heterocycles. The quantitative estimate of drug-likeness (QED) is 0.747. The van der Waals surface area contributed by atoms with Gasteiger partial charge in [-0.15, -0.1) is 0 Å². The van der Waals surface area contributed by atoms with Gasteiger partial charge in [-0.3, -0.25) is 4.79 Å². The lowest BCUT2D eigenvalue weighted by Gasteiger charge is -2.31. The maximum absolute atomic E-state index is 12.6. The lowest BCUT2D eigenvalue weighted by atomic mass is 10.1. The number of carbonyl (C=O) groups is 1. The summed E-state index contributed by atoms with van der Waals surface area (Å²) in [5, 5.41) is 2.83. The number of amides is 1. The van der Waals surface area contributed by atoms with Crippen LogP contribution in [0.25, 0.3) is 0 Å². The number of carbonyl (C=O) groups excluding carboxylic acids is 1. The lowest BCUT2D eigenvalue weighted by molar-refractivity contribution is -0.133. The molecule has 2 aromatic rings. The van der Waals surface area contributed by atoms with E-state index < -0.39 is 22.2 Å². The number of hydrogen-bond acceptors (Lipinski definition) is 5. The van der Waals surface area contributed by atoms with Crippen molar-refractivity contribution in [1.29, 1.82) is 0 Å². The molecule has 2 aromatic carbocycles. The molecule has 0 spiro atoms. The summed E-state index contributed by atoms with van der Waals surface area (Å²) in [6.07, 6.45) is -1.18. The number of benzene rings is 2. The third kappa shape index (κ3) is 4.54. The van der Waals surface area contributed by atoms with Crippen LogP contribution in [-0.4, -0.2) is 43.9 Å². The molecule has 2 atom stereocenters. The maximum atomic E-state index is 12.6. The van der Waals surface area contributed by atoms with E-state index in [0.717, 1.165) is 5.56 Å². The normalized spacial score (nSPS) is 18.5. The van der Waals surface area contributed by atoms with Gasteiger partial charge in [0.2, 0.25) is 16.1 Å². The van der Waals surface area contributed by atoms with Crippen LogP contribution in [0.5, 0.6) is 11.5 Å². The fourth-order valence-corrected chi connectivity index (χ4v) is 4.65. The van der Waals surface area contributed by atoms with Crippen molar-refractivity contribution in [2.45, 2.75) is 44.4 Å². The van der Waals surface area contributed by atoms with E-state index in [9.17, 15) is 13.2 Å². The molecule has 7 nitrogen and oxygen atoms in total. The Morgan fingerprint density at radius 3 is 2.17 bits per heavy atom. The number of rotatable bonds is 7. The number of nitrogens with zero attached hydrogens (tertiary/aromatic N) is 1. The molecule has 0 bridgehead atoms. The van der Waals surface area contributed by atoms with E-state index in [4.69, 9.17) is 9.47 Å². The Morgan fingerprint density at radius 2 is 1.59 bits per heavy atom. The summed E-state index contributed by atoms with van der Waals surface area (Å²) in [6, 6.07) is 13.8. The lowest BCUT2D eigenvalue weighted by Crippen LogP contribution is -2.48. The van der Waals surface area contributed by atoms with Gasteiger partial charge in [0.05, 0.1) is 4.90 Å². The molecule has 1 heterocycles. The number of fused-ring (bicyclic) bond motifs is 1. The number of hydrogen-bond donors (Lipinski definition) is 1. The molecule has 1 aliphatic heterocycles. The summed E-state index contributed by atoms with van der Waals surface area (Å²) in [6.45, 7) is 6.50. The zero-order chi connectivity index (χ0) is 21.0. The largest absolute Gasteiger partial charge is 0.482 e. The summed E-state index contributed by atoms with van der Waals surface area (Å²) >= 11 is 0. The van der Waals surface area contributed by atoms with Crippen molar-refractivity contribution >= 4 is 15.9 Å². The minimum absolute atomic E-state index is 0.241. The van der Waals surface area contributed by atoms with Crippen molar-refractivity contribution in [3.63, 3.8) is 0 Å². The molecular formula is C21H26N2O5S. The molecule has 156 valence electrons. The number of sulfonamides is 1. The second-order valence-electron chi connectivity index (χ2n) is 6.76. The first-order valence-electron chi connectivity index (χ1n) is 9.66. The van der Waals surface area contributed by atoms with Gasteiger partial charge in [0.25, 0.3) is 5.91 Å². The summed E-state index contributed by atoms with van der Waals surface area (Å²) in [5.74, 6) is 0.873. The number of para-hydroxylation sites is 2. The maximum Gasteiger partial charge on any atom is 0.265 e. The number of ether oxygens (including phenoxy) is 2. The first-order valence-corrected chi connectivity index (χ1v) is 11.1. The Morgan fingerprint density at radius 1 is 1.00 bits per heavy atom. The van der Waals surface area contributed by atoms with Crippen LogP contribution in [0.3, 0.4) is 0 Å². The van der Waals surface area contributed by atoms with Crippen LogP contribution in [0.15, 0.2) is 53.4 Å². The van der Waals surface area contributed by atoms with Crippen LogP contribution in [0, 0.1) is 0 Å². The van der Waals surface area contributed by atoms with E-state index in [-0.39, 0.29) is 17.3 Å². The minimum atomic E-state index is -3.49. The second kappa shape index (κ2) is 8.84. The summed E-state index contributed by atoms with van der Waals surface area (Å²) in [7, 11) is -3.49. The Labute approximate surface area is 171 Å². The van der Waals surface area contributed by atoms with Gasteiger partial charge in [0.1, 0.15) is 6.10 Å². The smallest absolute Gasteiger partial charge is 0.265 e. The number of nitrogens with one attached hydrogen (secondary N) is 1. The molecule has 0 radical (unpaired) electrons. The average molecular weight is 419 g/mol. The highest BCUT2D eigenvalue weighted by Crippen LogP contribution is 2.33. The molecule has 0 unspecified atom stereocenters.